The van der Waals surface area contributed by atoms with Gasteiger partial charge >= 0.3 is 0 Å². The summed E-state index contributed by atoms with van der Waals surface area (Å²) in [5, 5.41) is 13.8. The highest BCUT2D eigenvalue weighted by Crippen LogP contribution is 2.26. The summed E-state index contributed by atoms with van der Waals surface area (Å²) in [6, 6.07) is 9.31. The number of anilines is 1. The fourth-order valence-corrected chi connectivity index (χ4v) is 2.18. The fourth-order valence-electron chi connectivity index (χ4n) is 1.75. The predicted octanol–water partition coefficient (Wildman–Crippen LogP) is 4.42. The van der Waals surface area contributed by atoms with E-state index in [9.17, 15) is 14.5 Å². The summed E-state index contributed by atoms with van der Waals surface area (Å²) in [6.07, 6.45) is 0. The number of rotatable bonds is 4. The van der Waals surface area contributed by atoms with E-state index in [1.807, 2.05) is 25.1 Å². The van der Waals surface area contributed by atoms with Crippen LogP contribution in [-0.2, 0) is 6.54 Å². The Hall–Kier alpha value is -1.95. The maximum Gasteiger partial charge on any atom is 0.295 e. The minimum absolute atomic E-state index is 0.267. The Balaban J connectivity index is 2.18. The number of nitro benzene ring substituents is 1. The van der Waals surface area contributed by atoms with E-state index < -0.39 is 10.7 Å². The first-order chi connectivity index (χ1) is 9.47. The molecular weight excluding hydrogens is 327 g/mol. The molecule has 0 heterocycles. The van der Waals surface area contributed by atoms with Crippen molar-refractivity contribution in [3.05, 3.63) is 67.9 Å². The summed E-state index contributed by atoms with van der Waals surface area (Å²) in [4.78, 5) is 10.3. The van der Waals surface area contributed by atoms with Crippen molar-refractivity contribution in [3.8, 4) is 0 Å². The van der Waals surface area contributed by atoms with Gasteiger partial charge in [0.05, 0.1) is 11.0 Å². The zero-order valence-electron chi connectivity index (χ0n) is 10.7. The Labute approximate surface area is 123 Å². The van der Waals surface area contributed by atoms with E-state index in [0.717, 1.165) is 21.7 Å². The molecule has 20 heavy (non-hydrogen) atoms. The van der Waals surface area contributed by atoms with Crippen LogP contribution in [0.5, 0.6) is 0 Å². The van der Waals surface area contributed by atoms with Gasteiger partial charge in [0.1, 0.15) is 11.5 Å². The molecule has 0 aliphatic rings. The van der Waals surface area contributed by atoms with E-state index in [1.54, 1.807) is 0 Å². The predicted molar refractivity (Wildman–Crippen MR) is 79.3 cm³/mol. The lowest BCUT2D eigenvalue weighted by atomic mass is 10.1. The van der Waals surface area contributed by atoms with E-state index >= 15 is 0 Å². The molecule has 2 rings (SSSR count). The number of nitrogens with zero attached hydrogens (tertiary/aromatic N) is 1. The second-order valence-electron chi connectivity index (χ2n) is 4.36. The average molecular weight is 339 g/mol. The Kier molecular flexibility index (Phi) is 4.34. The Morgan fingerprint density at radius 3 is 2.70 bits per heavy atom. The number of aryl methyl sites for hydroxylation is 1. The molecule has 0 aliphatic carbocycles. The van der Waals surface area contributed by atoms with Crippen LogP contribution in [0.4, 0.5) is 15.8 Å². The third-order valence-electron chi connectivity index (χ3n) is 2.88. The number of benzene rings is 2. The van der Waals surface area contributed by atoms with Gasteiger partial charge < -0.3 is 5.32 Å². The molecule has 4 nitrogen and oxygen atoms in total. The normalized spacial score (nSPS) is 10.3. The van der Waals surface area contributed by atoms with E-state index in [1.165, 1.54) is 12.1 Å². The average Bonchev–Trinajstić information content (AvgIpc) is 2.41. The van der Waals surface area contributed by atoms with Crippen molar-refractivity contribution in [1.82, 2.24) is 0 Å². The summed E-state index contributed by atoms with van der Waals surface area (Å²) >= 11 is 3.43. The van der Waals surface area contributed by atoms with Crippen LogP contribution < -0.4 is 5.32 Å². The van der Waals surface area contributed by atoms with Crippen LogP contribution in [0.25, 0.3) is 0 Å². The zero-order valence-corrected chi connectivity index (χ0v) is 12.3. The molecule has 0 radical (unpaired) electrons. The minimum Gasteiger partial charge on any atom is -0.375 e. The summed E-state index contributed by atoms with van der Waals surface area (Å²) in [6.45, 7) is 2.40. The third-order valence-corrected chi connectivity index (χ3v) is 3.73. The molecule has 1 N–H and O–H groups in total. The number of halogens is 2. The van der Waals surface area contributed by atoms with Gasteiger partial charge in [-0.1, -0.05) is 28.1 Å². The van der Waals surface area contributed by atoms with Gasteiger partial charge in [0, 0.05) is 11.0 Å². The van der Waals surface area contributed by atoms with Crippen LogP contribution in [-0.4, -0.2) is 4.92 Å². The molecule has 0 fully saturated rings. The lowest BCUT2D eigenvalue weighted by Gasteiger charge is -2.08. The van der Waals surface area contributed by atoms with E-state index in [2.05, 4.69) is 21.2 Å². The minimum atomic E-state index is -0.625. The van der Waals surface area contributed by atoms with Crippen LogP contribution in [0.3, 0.4) is 0 Å². The van der Waals surface area contributed by atoms with Crippen molar-refractivity contribution >= 4 is 27.3 Å². The monoisotopic (exact) mass is 338 g/mol. The summed E-state index contributed by atoms with van der Waals surface area (Å²) < 4.78 is 14.0. The smallest absolute Gasteiger partial charge is 0.295 e. The molecule has 0 aliphatic heterocycles. The van der Waals surface area contributed by atoms with Crippen LogP contribution in [0, 0.1) is 22.9 Å². The highest BCUT2D eigenvalue weighted by molar-refractivity contribution is 9.10. The summed E-state index contributed by atoms with van der Waals surface area (Å²) in [7, 11) is 0. The molecule has 0 amide bonds. The number of nitrogens with one attached hydrogen (secondary N) is 1. The maximum absolute atomic E-state index is 13.0. The van der Waals surface area contributed by atoms with E-state index in [0.29, 0.717) is 12.2 Å². The highest BCUT2D eigenvalue weighted by Gasteiger charge is 2.14. The van der Waals surface area contributed by atoms with Gasteiger partial charge in [0.2, 0.25) is 0 Å². The molecule has 104 valence electrons. The van der Waals surface area contributed by atoms with Crippen molar-refractivity contribution < 1.29 is 9.31 Å². The SMILES string of the molecule is Cc1ccc(CNc2ccc(F)cc2[N+](=O)[O-])cc1Br. The zero-order chi connectivity index (χ0) is 14.7. The van der Waals surface area contributed by atoms with Gasteiger partial charge in [-0.15, -0.1) is 0 Å². The standard InChI is InChI=1S/C14H12BrFN2O2/c1-9-2-3-10(6-12(9)15)8-17-13-5-4-11(16)7-14(13)18(19)20/h2-7,17H,8H2,1H3. The van der Waals surface area contributed by atoms with Gasteiger partial charge in [-0.05, 0) is 36.2 Å². The van der Waals surface area contributed by atoms with Crippen LogP contribution in [0.2, 0.25) is 0 Å². The van der Waals surface area contributed by atoms with Gasteiger partial charge in [0.15, 0.2) is 0 Å². The summed E-state index contributed by atoms with van der Waals surface area (Å²) in [5.41, 5.74) is 2.12. The molecular formula is C14H12BrFN2O2. The van der Waals surface area contributed by atoms with E-state index in [4.69, 9.17) is 0 Å². The molecule has 0 saturated carbocycles. The lowest BCUT2D eigenvalue weighted by Crippen LogP contribution is -2.03. The first kappa shape index (κ1) is 14.5. The Morgan fingerprint density at radius 1 is 1.30 bits per heavy atom. The van der Waals surface area contributed by atoms with Crippen molar-refractivity contribution in [2.24, 2.45) is 0 Å². The fraction of sp³-hybridized carbons (Fsp3) is 0.143. The highest BCUT2D eigenvalue weighted by atomic mass is 79.9. The quantitative estimate of drug-likeness (QED) is 0.663. The molecule has 0 saturated heterocycles. The van der Waals surface area contributed by atoms with E-state index in [-0.39, 0.29) is 5.69 Å². The van der Waals surface area contributed by atoms with Crippen molar-refractivity contribution in [2.75, 3.05) is 5.32 Å². The van der Waals surface area contributed by atoms with Crippen molar-refractivity contribution in [1.29, 1.82) is 0 Å². The Bertz CT molecular complexity index is 662. The molecule has 0 aromatic heterocycles. The molecule has 2 aromatic carbocycles. The lowest BCUT2D eigenvalue weighted by molar-refractivity contribution is -0.384. The van der Waals surface area contributed by atoms with Crippen LogP contribution >= 0.6 is 15.9 Å². The molecule has 0 atom stereocenters. The Morgan fingerprint density at radius 2 is 2.05 bits per heavy atom. The first-order valence-electron chi connectivity index (χ1n) is 5.90. The molecule has 0 unspecified atom stereocenters. The number of hydrogen-bond acceptors (Lipinski definition) is 3. The van der Waals surface area contributed by atoms with Crippen LogP contribution in [0.15, 0.2) is 40.9 Å². The largest absolute Gasteiger partial charge is 0.375 e. The molecule has 0 bridgehead atoms. The van der Waals surface area contributed by atoms with Gasteiger partial charge in [-0.2, -0.15) is 0 Å². The number of nitro groups is 1. The topological polar surface area (TPSA) is 55.2 Å². The van der Waals surface area contributed by atoms with Gasteiger partial charge in [-0.3, -0.25) is 10.1 Å². The number of hydrogen-bond donors (Lipinski definition) is 1. The second kappa shape index (κ2) is 6.00. The van der Waals surface area contributed by atoms with Gasteiger partial charge in [-0.25, -0.2) is 4.39 Å². The third kappa shape index (κ3) is 3.33. The molecule has 0 spiro atoms. The van der Waals surface area contributed by atoms with Crippen LogP contribution in [0.1, 0.15) is 11.1 Å². The van der Waals surface area contributed by atoms with Gasteiger partial charge in [0.25, 0.3) is 5.69 Å². The maximum atomic E-state index is 13.0. The molecule has 2 aromatic rings. The second-order valence-corrected chi connectivity index (χ2v) is 5.21. The summed E-state index contributed by atoms with van der Waals surface area (Å²) in [5.74, 6) is -0.625. The molecule has 6 heteroatoms. The first-order valence-corrected chi connectivity index (χ1v) is 6.69. The van der Waals surface area contributed by atoms with Crippen molar-refractivity contribution in [2.45, 2.75) is 13.5 Å². The van der Waals surface area contributed by atoms with Crippen molar-refractivity contribution in [3.63, 3.8) is 0 Å².